The second kappa shape index (κ2) is 7.10. The fourth-order valence-corrected chi connectivity index (χ4v) is 1.27. The summed E-state index contributed by atoms with van der Waals surface area (Å²) in [5, 5.41) is 3.22. The fraction of sp³-hybridized carbons (Fsp3) is 0.818. The molecule has 3 atom stereocenters. The molecule has 0 aliphatic heterocycles. The van der Waals surface area contributed by atoms with E-state index in [2.05, 4.69) is 25.7 Å². The smallest absolute Gasteiger partial charge is 0.0649 e. The minimum absolute atomic E-state index is 0.296. The summed E-state index contributed by atoms with van der Waals surface area (Å²) in [7, 11) is 1.98. The molecule has 0 amide bonds. The predicted octanol–water partition coefficient (Wildman–Crippen LogP) is 2.21. The van der Waals surface area contributed by atoms with Gasteiger partial charge in [-0.05, 0) is 33.2 Å². The van der Waals surface area contributed by atoms with Crippen LogP contribution in [0.1, 0.15) is 27.2 Å². The van der Waals surface area contributed by atoms with Crippen LogP contribution in [0.2, 0.25) is 0 Å². The van der Waals surface area contributed by atoms with Gasteiger partial charge in [-0.1, -0.05) is 13.0 Å². The van der Waals surface area contributed by atoms with Crippen molar-refractivity contribution >= 4 is 0 Å². The van der Waals surface area contributed by atoms with Crippen LogP contribution in [0, 0.1) is 5.92 Å². The van der Waals surface area contributed by atoms with Gasteiger partial charge in [0.15, 0.2) is 0 Å². The van der Waals surface area contributed by atoms with E-state index in [-0.39, 0.29) is 0 Å². The number of hydrogen-bond donors (Lipinski definition) is 1. The highest BCUT2D eigenvalue weighted by Crippen LogP contribution is 2.14. The topological polar surface area (TPSA) is 21.3 Å². The van der Waals surface area contributed by atoms with Crippen LogP contribution in [0.5, 0.6) is 0 Å². The van der Waals surface area contributed by atoms with E-state index in [1.165, 1.54) is 0 Å². The zero-order valence-electron chi connectivity index (χ0n) is 9.34. The lowest BCUT2D eigenvalue weighted by Gasteiger charge is -2.24. The van der Waals surface area contributed by atoms with Gasteiger partial charge in [0.1, 0.15) is 0 Å². The Kier molecular flexibility index (Phi) is 6.92. The molecule has 0 fully saturated rings. The maximum Gasteiger partial charge on any atom is 0.0649 e. The maximum atomic E-state index is 5.66. The Morgan fingerprint density at radius 2 is 2.08 bits per heavy atom. The summed E-state index contributed by atoms with van der Waals surface area (Å²) in [6, 6.07) is 0.499. The SMILES string of the molecule is C=CC(C)C(CC(C)NC)OCC. The zero-order chi connectivity index (χ0) is 10.3. The molecular weight excluding hydrogens is 162 g/mol. The third-order valence-electron chi connectivity index (χ3n) is 2.42. The fourth-order valence-electron chi connectivity index (χ4n) is 1.27. The van der Waals surface area contributed by atoms with Crippen LogP contribution < -0.4 is 5.32 Å². The van der Waals surface area contributed by atoms with Crippen LogP contribution in [0.3, 0.4) is 0 Å². The summed E-state index contributed by atoms with van der Waals surface area (Å²) < 4.78 is 5.66. The molecule has 0 aromatic heterocycles. The quantitative estimate of drug-likeness (QED) is 0.614. The average molecular weight is 185 g/mol. The second-order valence-corrected chi connectivity index (χ2v) is 3.51. The maximum absolute atomic E-state index is 5.66. The first-order chi connectivity index (χ1) is 6.15. The third kappa shape index (κ3) is 5.06. The molecule has 0 aliphatic rings. The van der Waals surface area contributed by atoms with Crippen LogP contribution in [0.25, 0.3) is 0 Å². The Bertz CT molecular complexity index is 136. The van der Waals surface area contributed by atoms with Crippen molar-refractivity contribution in [2.24, 2.45) is 5.92 Å². The van der Waals surface area contributed by atoms with E-state index >= 15 is 0 Å². The Labute approximate surface area is 82.4 Å². The van der Waals surface area contributed by atoms with Crippen molar-refractivity contribution in [2.45, 2.75) is 39.3 Å². The summed E-state index contributed by atoms with van der Waals surface area (Å²) in [6.45, 7) is 10.9. The van der Waals surface area contributed by atoms with E-state index in [9.17, 15) is 0 Å². The van der Waals surface area contributed by atoms with Crippen LogP contribution in [0.4, 0.5) is 0 Å². The first kappa shape index (κ1) is 12.7. The molecule has 0 bridgehead atoms. The van der Waals surface area contributed by atoms with Crippen molar-refractivity contribution in [3.63, 3.8) is 0 Å². The van der Waals surface area contributed by atoms with E-state index in [4.69, 9.17) is 4.74 Å². The highest BCUT2D eigenvalue weighted by molar-refractivity contribution is 4.84. The van der Waals surface area contributed by atoms with E-state index in [0.29, 0.717) is 18.1 Å². The molecule has 0 spiro atoms. The monoisotopic (exact) mass is 185 g/mol. The highest BCUT2D eigenvalue weighted by Gasteiger charge is 2.16. The first-order valence-electron chi connectivity index (χ1n) is 5.07. The Balaban J connectivity index is 3.99. The van der Waals surface area contributed by atoms with Gasteiger partial charge in [-0.2, -0.15) is 0 Å². The minimum atomic E-state index is 0.296. The van der Waals surface area contributed by atoms with E-state index < -0.39 is 0 Å². The second-order valence-electron chi connectivity index (χ2n) is 3.51. The van der Waals surface area contributed by atoms with Crippen LogP contribution in [-0.2, 0) is 4.74 Å². The van der Waals surface area contributed by atoms with Gasteiger partial charge in [-0.25, -0.2) is 0 Å². The number of nitrogens with one attached hydrogen (secondary N) is 1. The first-order valence-corrected chi connectivity index (χ1v) is 5.07. The van der Waals surface area contributed by atoms with Crippen molar-refractivity contribution in [1.82, 2.24) is 5.32 Å². The summed E-state index contributed by atoms with van der Waals surface area (Å²) in [5.41, 5.74) is 0. The van der Waals surface area contributed by atoms with E-state index in [1.807, 2.05) is 20.0 Å². The summed E-state index contributed by atoms with van der Waals surface area (Å²) >= 11 is 0. The Morgan fingerprint density at radius 1 is 1.46 bits per heavy atom. The van der Waals surface area contributed by atoms with E-state index in [1.54, 1.807) is 0 Å². The van der Waals surface area contributed by atoms with Crippen molar-refractivity contribution in [3.05, 3.63) is 12.7 Å². The van der Waals surface area contributed by atoms with Gasteiger partial charge in [0.25, 0.3) is 0 Å². The van der Waals surface area contributed by atoms with Gasteiger partial charge in [0.05, 0.1) is 6.10 Å². The number of ether oxygens (including phenoxy) is 1. The molecule has 3 unspecified atom stereocenters. The van der Waals surface area contributed by atoms with Crippen molar-refractivity contribution in [1.29, 1.82) is 0 Å². The molecule has 0 rings (SSSR count). The lowest BCUT2D eigenvalue weighted by atomic mass is 9.98. The standard InChI is InChI=1S/C11H23NO/c1-6-9(3)11(13-7-2)8-10(4)12-5/h6,9-12H,1,7-8H2,2-5H3. The molecule has 2 heteroatoms. The van der Waals surface area contributed by atoms with Gasteiger partial charge in [-0.3, -0.25) is 0 Å². The largest absolute Gasteiger partial charge is 0.378 e. The molecule has 0 heterocycles. The third-order valence-corrected chi connectivity index (χ3v) is 2.42. The molecule has 78 valence electrons. The van der Waals surface area contributed by atoms with Crippen LogP contribution in [0.15, 0.2) is 12.7 Å². The molecule has 0 aromatic carbocycles. The molecule has 0 aromatic rings. The lowest BCUT2D eigenvalue weighted by Crippen LogP contribution is -2.31. The Morgan fingerprint density at radius 3 is 2.46 bits per heavy atom. The van der Waals surface area contributed by atoms with E-state index in [0.717, 1.165) is 13.0 Å². The van der Waals surface area contributed by atoms with Gasteiger partial charge in [0.2, 0.25) is 0 Å². The highest BCUT2D eigenvalue weighted by atomic mass is 16.5. The molecule has 0 saturated heterocycles. The van der Waals surface area contributed by atoms with Gasteiger partial charge in [0, 0.05) is 12.6 Å². The van der Waals surface area contributed by atoms with Gasteiger partial charge < -0.3 is 10.1 Å². The van der Waals surface area contributed by atoms with Crippen molar-refractivity contribution < 1.29 is 4.74 Å². The summed E-state index contributed by atoms with van der Waals surface area (Å²) in [5.74, 6) is 0.427. The van der Waals surface area contributed by atoms with Crippen LogP contribution in [-0.4, -0.2) is 25.8 Å². The lowest BCUT2D eigenvalue weighted by molar-refractivity contribution is 0.0273. The number of hydrogen-bond acceptors (Lipinski definition) is 2. The molecule has 0 aliphatic carbocycles. The van der Waals surface area contributed by atoms with Crippen LogP contribution >= 0.6 is 0 Å². The molecule has 1 N–H and O–H groups in total. The van der Waals surface area contributed by atoms with Crippen molar-refractivity contribution in [3.8, 4) is 0 Å². The molecule has 0 saturated carbocycles. The normalized spacial score (nSPS) is 17.8. The van der Waals surface area contributed by atoms with Gasteiger partial charge in [-0.15, -0.1) is 6.58 Å². The van der Waals surface area contributed by atoms with Gasteiger partial charge >= 0.3 is 0 Å². The average Bonchev–Trinajstić information content (AvgIpc) is 2.15. The summed E-state index contributed by atoms with van der Waals surface area (Å²) in [6.07, 6.45) is 3.30. The molecule has 2 nitrogen and oxygen atoms in total. The molecule has 13 heavy (non-hydrogen) atoms. The number of rotatable bonds is 7. The van der Waals surface area contributed by atoms with Crippen molar-refractivity contribution in [2.75, 3.05) is 13.7 Å². The molecular formula is C11H23NO. The Hall–Kier alpha value is -0.340. The molecule has 0 radical (unpaired) electrons. The summed E-state index contributed by atoms with van der Waals surface area (Å²) in [4.78, 5) is 0. The predicted molar refractivity (Wildman–Crippen MR) is 57.9 cm³/mol. The zero-order valence-corrected chi connectivity index (χ0v) is 9.34. The minimum Gasteiger partial charge on any atom is -0.378 e.